The molecule has 1 saturated heterocycles. The summed E-state index contributed by atoms with van der Waals surface area (Å²) in [5.41, 5.74) is 2.21. The second-order valence-corrected chi connectivity index (χ2v) is 8.62. The molecule has 2 aromatic carbocycles. The maximum atomic E-state index is 12.5. The molecular weight excluding hydrogens is 414 g/mol. The Balaban J connectivity index is 1.37. The van der Waals surface area contributed by atoms with E-state index in [2.05, 4.69) is 17.6 Å². The summed E-state index contributed by atoms with van der Waals surface area (Å²) in [5.74, 6) is 0.773. The van der Waals surface area contributed by atoms with E-state index in [9.17, 15) is 9.59 Å². The fraction of sp³-hybridized carbons (Fsp3) is 0.481. The van der Waals surface area contributed by atoms with Crippen LogP contribution < -0.4 is 15.4 Å². The van der Waals surface area contributed by atoms with Gasteiger partial charge in [-0.3, -0.25) is 9.59 Å². The molecule has 2 amide bonds. The second kappa shape index (κ2) is 13.5. The van der Waals surface area contributed by atoms with Crippen molar-refractivity contribution in [3.05, 3.63) is 54.1 Å². The van der Waals surface area contributed by atoms with Crippen molar-refractivity contribution in [1.29, 1.82) is 0 Å². The van der Waals surface area contributed by atoms with Crippen molar-refractivity contribution in [2.45, 2.75) is 58.3 Å². The van der Waals surface area contributed by atoms with Crippen LogP contribution in [0.2, 0.25) is 0 Å². The number of nitrogens with one attached hydrogen (secondary N) is 2. The third kappa shape index (κ3) is 8.44. The quantitative estimate of drug-likeness (QED) is 0.405. The van der Waals surface area contributed by atoms with Crippen molar-refractivity contribution in [1.82, 2.24) is 4.90 Å². The summed E-state index contributed by atoms with van der Waals surface area (Å²) in [4.78, 5) is 26.8. The molecule has 2 aromatic rings. The van der Waals surface area contributed by atoms with Crippen molar-refractivity contribution < 1.29 is 14.3 Å². The summed E-state index contributed by atoms with van der Waals surface area (Å²) in [6.07, 6.45) is 9.43. The number of nitrogens with zero attached hydrogens (tertiary/aromatic N) is 1. The number of hydrogen-bond acceptors (Lipinski definition) is 4. The first-order valence-corrected chi connectivity index (χ1v) is 12.3. The smallest absolute Gasteiger partial charge is 0.253 e. The third-order valence-electron chi connectivity index (χ3n) is 5.88. The molecule has 0 radical (unpaired) electrons. The van der Waals surface area contributed by atoms with Crippen LogP contribution in [-0.4, -0.2) is 43.0 Å². The maximum absolute atomic E-state index is 12.5. The van der Waals surface area contributed by atoms with E-state index >= 15 is 0 Å². The Bertz CT molecular complexity index is 859. The summed E-state index contributed by atoms with van der Waals surface area (Å²) in [5, 5.41) is 5.99. The SMILES string of the molecule is CCCCCCCOc1ccc(NCC(=O)Nc2ccc(C(=O)N3CCCCC3)cc2)cc1. The number of likely N-dealkylation sites (tertiary alicyclic amines) is 1. The lowest BCUT2D eigenvalue weighted by molar-refractivity contribution is -0.114. The number of anilines is 2. The predicted molar refractivity (Wildman–Crippen MR) is 134 cm³/mol. The van der Waals surface area contributed by atoms with Crippen LogP contribution in [0.5, 0.6) is 5.75 Å². The number of rotatable bonds is 12. The minimum Gasteiger partial charge on any atom is -0.494 e. The molecule has 0 spiro atoms. The van der Waals surface area contributed by atoms with Crippen LogP contribution in [0.3, 0.4) is 0 Å². The molecule has 0 aliphatic carbocycles. The van der Waals surface area contributed by atoms with Gasteiger partial charge in [-0.15, -0.1) is 0 Å². The number of piperidine rings is 1. The van der Waals surface area contributed by atoms with E-state index in [1.54, 1.807) is 24.3 Å². The van der Waals surface area contributed by atoms with Crippen molar-refractivity contribution >= 4 is 23.2 Å². The fourth-order valence-electron chi connectivity index (χ4n) is 3.93. The van der Waals surface area contributed by atoms with Crippen molar-refractivity contribution in [3.63, 3.8) is 0 Å². The highest BCUT2D eigenvalue weighted by Gasteiger charge is 2.18. The Kier molecular flexibility index (Phi) is 10.1. The molecule has 6 heteroatoms. The number of ether oxygens (including phenoxy) is 1. The van der Waals surface area contributed by atoms with E-state index in [1.807, 2.05) is 29.2 Å². The highest BCUT2D eigenvalue weighted by molar-refractivity contribution is 5.96. The van der Waals surface area contributed by atoms with E-state index in [4.69, 9.17) is 4.74 Å². The number of unbranched alkanes of at least 4 members (excludes halogenated alkanes) is 4. The average molecular weight is 452 g/mol. The summed E-state index contributed by atoms with van der Waals surface area (Å²) < 4.78 is 5.78. The van der Waals surface area contributed by atoms with Gasteiger partial charge >= 0.3 is 0 Å². The van der Waals surface area contributed by atoms with Gasteiger partial charge in [0.1, 0.15) is 5.75 Å². The molecule has 1 aliphatic heterocycles. The Labute approximate surface area is 197 Å². The van der Waals surface area contributed by atoms with Gasteiger partial charge in [-0.2, -0.15) is 0 Å². The maximum Gasteiger partial charge on any atom is 0.253 e. The number of carbonyl (C=O) groups excluding carboxylic acids is 2. The van der Waals surface area contributed by atoms with Gasteiger partial charge in [-0.05, 0) is 74.2 Å². The molecule has 0 saturated carbocycles. The monoisotopic (exact) mass is 451 g/mol. The summed E-state index contributed by atoms with van der Waals surface area (Å²) in [6.45, 7) is 4.77. The molecule has 1 fully saturated rings. The first-order chi connectivity index (χ1) is 16.2. The van der Waals surface area contributed by atoms with Gasteiger partial charge < -0.3 is 20.3 Å². The van der Waals surface area contributed by atoms with Gasteiger partial charge in [0.25, 0.3) is 5.91 Å². The topological polar surface area (TPSA) is 70.7 Å². The van der Waals surface area contributed by atoms with Crippen molar-refractivity contribution in [2.24, 2.45) is 0 Å². The highest BCUT2D eigenvalue weighted by atomic mass is 16.5. The van der Waals surface area contributed by atoms with E-state index in [0.29, 0.717) is 11.3 Å². The van der Waals surface area contributed by atoms with Crippen LogP contribution in [0.1, 0.15) is 68.6 Å². The van der Waals surface area contributed by atoms with E-state index in [0.717, 1.165) is 50.4 Å². The molecule has 178 valence electrons. The zero-order valence-electron chi connectivity index (χ0n) is 19.8. The number of amides is 2. The molecule has 0 aromatic heterocycles. The van der Waals surface area contributed by atoms with Gasteiger partial charge in [-0.1, -0.05) is 32.6 Å². The Hall–Kier alpha value is -3.02. The molecule has 3 rings (SSSR count). The summed E-state index contributed by atoms with van der Waals surface area (Å²) in [7, 11) is 0. The first-order valence-electron chi connectivity index (χ1n) is 12.3. The highest BCUT2D eigenvalue weighted by Crippen LogP contribution is 2.17. The molecule has 1 aliphatic rings. The van der Waals surface area contributed by atoms with Crippen LogP contribution in [0.4, 0.5) is 11.4 Å². The normalized spacial score (nSPS) is 13.4. The zero-order chi connectivity index (χ0) is 23.3. The second-order valence-electron chi connectivity index (χ2n) is 8.62. The van der Waals surface area contributed by atoms with Gasteiger partial charge in [-0.25, -0.2) is 0 Å². The van der Waals surface area contributed by atoms with Gasteiger partial charge in [0, 0.05) is 30.0 Å². The first kappa shape index (κ1) is 24.6. The summed E-state index contributed by atoms with van der Waals surface area (Å²) in [6, 6.07) is 14.8. The molecule has 6 nitrogen and oxygen atoms in total. The van der Waals surface area contributed by atoms with Crippen LogP contribution in [0.15, 0.2) is 48.5 Å². The van der Waals surface area contributed by atoms with E-state index in [1.165, 1.54) is 32.1 Å². The van der Waals surface area contributed by atoms with E-state index < -0.39 is 0 Å². The van der Waals surface area contributed by atoms with Gasteiger partial charge in [0.2, 0.25) is 5.91 Å². The molecule has 0 unspecified atom stereocenters. The largest absolute Gasteiger partial charge is 0.494 e. The fourth-order valence-corrected chi connectivity index (χ4v) is 3.93. The minimum absolute atomic E-state index is 0.0677. The molecule has 0 atom stereocenters. The lowest BCUT2D eigenvalue weighted by Gasteiger charge is -2.26. The number of hydrogen-bond donors (Lipinski definition) is 2. The number of benzene rings is 2. The molecule has 1 heterocycles. The van der Waals surface area contributed by atoms with Gasteiger partial charge in [0.05, 0.1) is 13.2 Å². The Morgan fingerprint density at radius 1 is 0.848 bits per heavy atom. The third-order valence-corrected chi connectivity index (χ3v) is 5.88. The number of carbonyl (C=O) groups is 2. The lowest BCUT2D eigenvalue weighted by Crippen LogP contribution is -2.35. The minimum atomic E-state index is -0.141. The lowest BCUT2D eigenvalue weighted by atomic mass is 10.1. The van der Waals surface area contributed by atoms with Crippen LogP contribution in [0.25, 0.3) is 0 Å². The van der Waals surface area contributed by atoms with Crippen LogP contribution >= 0.6 is 0 Å². The van der Waals surface area contributed by atoms with Crippen molar-refractivity contribution in [2.75, 3.05) is 36.9 Å². The van der Waals surface area contributed by atoms with E-state index in [-0.39, 0.29) is 18.4 Å². The Morgan fingerprint density at radius 3 is 2.21 bits per heavy atom. The van der Waals surface area contributed by atoms with Gasteiger partial charge in [0.15, 0.2) is 0 Å². The summed E-state index contributed by atoms with van der Waals surface area (Å²) >= 11 is 0. The molecular formula is C27H37N3O3. The average Bonchev–Trinajstić information content (AvgIpc) is 2.86. The van der Waals surface area contributed by atoms with Crippen LogP contribution in [0, 0.1) is 0 Å². The molecule has 2 N–H and O–H groups in total. The predicted octanol–water partition coefficient (Wildman–Crippen LogP) is 5.71. The Morgan fingerprint density at radius 2 is 1.52 bits per heavy atom. The molecule has 0 bridgehead atoms. The molecule has 33 heavy (non-hydrogen) atoms. The van der Waals surface area contributed by atoms with Crippen molar-refractivity contribution in [3.8, 4) is 5.75 Å². The zero-order valence-corrected chi connectivity index (χ0v) is 19.8. The van der Waals surface area contributed by atoms with Crippen LogP contribution in [-0.2, 0) is 4.79 Å². The standard InChI is InChI=1S/C27H37N3O3/c1-2-3-4-5-9-20-33-25-16-14-23(15-17-25)28-21-26(31)29-24-12-10-22(11-13-24)27(32)30-18-7-6-8-19-30/h10-17,28H,2-9,18-21H2,1H3,(H,29,31).